The highest BCUT2D eigenvalue weighted by molar-refractivity contribution is 6.63. The minimum absolute atomic E-state index is 0.0354. The van der Waals surface area contributed by atoms with Gasteiger partial charge in [0.2, 0.25) is 0 Å². The van der Waals surface area contributed by atoms with Gasteiger partial charge in [0.25, 0.3) is 0 Å². The van der Waals surface area contributed by atoms with E-state index in [9.17, 15) is 4.79 Å². The van der Waals surface area contributed by atoms with Crippen LogP contribution in [0.5, 0.6) is 0 Å². The SMILES string of the molecule is COC(=O)c1ccc(Cl)cc1B1OC(C)CC(C)(C)O1. The molecule has 108 valence electrons. The summed E-state index contributed by atoms with van der Waals surface area (Å²) in [7, 11) is 0.720. The maximum absolute atomic E-state index is 11.9. The third kappa shape index (κ3) is 3.34. The first-order valence-electron chi connectivity index (χ1n) is 6.53. The van der Waals surface area contributed by atoms with Crippen molar-refractivity contribution in [3.8, 4) is 0 Å². The lowest BCUT2D eigenvalue weighted by Crippen LogP contribution is -2.53. The molecule has 1 aliphatic rings. The van der Waals surface area contributed by atoms with Gasteiger partial charge in [-0.1, -0.05) is 11.6 Å². The highest BCUT2D eigenvalue weighted by atomic mass is 35.5. The predicted molar refractivity (Wildman–Crippen MR) is 78.5 cm³/mol. The minimum Gasteiger partial charge on any atom is -0.465 e. The number of hydrogen-bond donors (Lipinski definition) is 0. The number of ether oxygens (including phenoxy) is 1. The van der Waals surface area contributed by atoms with Crippen molar-refractivity contribution in [2.75, 3.05) is 7.11 Å². The fraction of sp³-hybridized carbons (Fsp3) is 0.500. The molecule has 1 saturated heterocycles. The first-order valence-corrected chi connectivity index (χ1v) is 6.91. The summed E-state index contributed by atoms with van der Waals surface area (Å²) in [6, 6.07) is 4.96. The van der Waals surface area contributed by atoms with Gasteiger partial charge in [0.05, 0.1) is 18.3 Å². The van der Waals surface area contributed by atoms with Crippen LogP contribution < -0.4 is 5.46 Å². The molecule has 0 amide bonds. The van der Waals surface area contributed by atoms with Crippen LogP contribution in [-0.4, -0.2) is 31.9 Å². The van der Waals surface area contributed by atoms with Gasteiger partial charge in [0, 0.05) is 11.1 Å². The molecule has 0 aliphatic carbocycles. The van der Waals surface area contributed by atoms with Crippen molar-refractivity contribution in [3.63, 3.8) is 0 Å². The van der Waals surface area contributed by atoms with Crippen molar-refractivity contribution >= 4 is 30.2 Å². The van der Waals surface area contributed by atoms with Crippen LogP contribution in [0.1, 0.15) is 37.6 Å². The average molecular weight is 297 g/mol. The zero-order valence-corrected chi connectivity index (χ0v) is 12.9. The third-order valence-corrected chi connectivity index (χ3v) is 3.47. The highest BCUT2D eigenvalue weighted by Gasteiger charge is 2.40. The number of carbonyl (C=O) groups is 1. The molecule has 0 spiro atoms. The van der Waals surface area contributed by atoms with E-state index < -0.39 is 13.1 Å². The van der Waals surface area contributed by atoms with Crippen LogP contribution in [0.3, 0.4) is 0 Å². The summed E-state index contributed by atoms with van der Waals surface area (Å²) in [5.41, 5.74) is 0.689. The normalized spacial score (nSPS) is 21.6. The molecule has 1 atom stereocenters. The molecule has 2 rings (SSSR count). The Bertz CT molecular complexity index is 518. The van der Waals surface area contributed by atoms with Crippen LogP contribution in [0, 0.1) is 0 Å². The van der Waals surface area contributed by atoms with Gasteiger partial charge in [0.15, 0.2) is 0 Å². The van der Waals surface area contributed by atoms with E-state index >= 15 is 0 Å². The number of halogens is 1. The van der Waals surface area contributed by atoms with E-state index in [0.29, 0.717) is 16.0 Å². The lowest BCUT2D eigenvalue weighted by molar-refractivity contribution is -0.0231. The summed E-state index contributed by atoms with van der Waals surface area (Å²) in [6.07, 6.45) is 0.825. The molecule has 1 aliphatic heterocycles. The van der Waals surface area contributed by atoms with E-state index in [1.54, 1.807) is 18.2 Å². The number of esters is 1. The standard InChI is InChI=1S/C14H18BClO4/c1-9-8-14(2,3)20-15(19-9)12-7-10(16)5-6-11(12)13(17)18-4/h5-7,9H,8H2,1-4H3. The average Bonchev–Trinajstić information content (AvgIpc) is 2.35. The molecule has 1 fully saturated rings. The molecule has 4 nitrogen and oxygen atoms in total. The van der Waals surface area contributed by atoms with E-state index in [2.05, 4.69) is 0 Å². The summed E-state index contributed by atoms with van der Waals surface area (Å²) in [4.78, 5) is 11.9. The summed E-state index contributed by atoms with van der Waals surface area (Å²) < 4.78 is 16.5. The number of rotatable bonds is 2. The molecule has 0 saturated carbocycles. The Morgan fingerprint density at radius 2 is 2.20 bits per heavy atom. The van der Waals surface area contributed by atoms with Crippen molar-refractivity contribution in [1.29, 1.82) is 0 Å². The molecule has 0 bridgehead atoms. The second-order valence-electron chi connectivity index (χ2n) is 5.58. The Morgan fingerprint density at radius 1 is 1.50 bits per heavy atom. The molecule has 6 heteroatoms. The van der Waals surface area contributed by atoms with Crippen molar-refractivity contribution in [2.24, 2.45) is 0 Å². The fourth-order valence-corrected chi connectivity index (χ4v) is 2.66. The third-order valence-electron chi connectivity index (χ3n) is 3.23. The quantitative estimate of drug-likeness (QED) is 0.621. The Kier molecular flexibility index (Phi) is 4.42. The van der Waals surface area contributed by atoms with Crippen molar-refractivity contribution < 1.29 is 18.8 Å². The highest BCUT2D eigenvalue weighted by Crippen LogP contribution is 2.26. The Balaban J connectivity index is 2.40. The number of methoxy groups -OCH3 is 1. The zero-order valence-electron chi connectivity index (χ0n) is 12.1. The maximum atomic E-state index is 11.9. The van der Waals surface area contributed by atoms with Gasteiger partial charge in [-0.05, 0) is 50.9 Å². The summed E-state index contributed by atoms with van der Waals surface area (Å²) in [6.45, 7) is 5.99. The van der Waals surface area contributed by atoms with Crippen LogP contribution in [-0.2, 0) is 14.0 Å². The van der Waals surface area contributed by atoms with Crippen molar-refractivity contribution in [1.82, 2.24) is 0 Å². The summed E-state index contributed by atoms with van der Waals surface area (Å²) in [5, 5.41) is 0.524. The first kappa shape index (κ1) is 15.4. The smallest absolute Gasteiger partial charge is 0.465 e. The zero-order chi connectivity index (χ0) is 14.9. The molecule has 0 radical (unpaired) electrons. The Hall–Kier alpha value is -1.04. The maximum Gasteiger partial charge on any atom is 0.495 e. The van der Waals surface area contributed by atoms with Gasteiger partial charge in [0.1, 0.15) is 0 Å². The molecule has 20 heavy (non-hydrogen) atoms. The van der Waals surface area contributed by atoms with Gasteiger partial charge >= 0.3 is 13.1 Å². The van der Waals surface area contributed by atoms with Crippen LogP contribution in [0.2, 0.25) is 5.02 Å². The van der Waals surface area contributed by atoms with Gasteiger partial charge in [-0.2, -0.15) is 0 Å². The second-order valence-corrected chi connectivity index (χ2v) is 6.02. The van der Waals surface area contributed by atoms with Crippen LogP contribution in [0.4, 0.5) is 0 Å². The van der Waals surface area contributed by atoms with Gasteiger partial charge in [-0.3, -0.25) is 0 Å². The molecule has 1 aromatic rings. The molecule has 0 N–H and O–H groups in total. The van der Waals surface area contributed by atoms with Gasteiger partial charge in [-0.15, -0.1) is 0 Å². The Morgan fingerprint density at radius 3 is 2.80 bits per heavy atom. The van der Waals surface area contributed by atoms with Crippen molar-refractivity contribution in [2.45, 2.75) is 38.9 Å². The first-order chi connectivity index (χ1) is 9.32. The topological polar surface area (TPSA) is 44.8 Å². The lowest BCUT2D eigenvalue weighted by Gasteiger charge is -2.38. The van der Waals surface area contributed by atoms with Crippen molar-refractivity contribution in [3.05, 3.63) is 28.8 Å². The summed E-state index contributed by atoms with van der Waals surface area (Å²) >= 11 is 6.03. The van der Waals surface area contributed by atoms with Gasteiger partial charge < -0.3 is 14.0 Å². The fourth-order valence-electron chi connectivity index (χ4n) is 2.48. The Labute approximate surface area is 124 Å². The van der Waals surface area contributed by atoms with Crippen LogP contribution >= 0.6 is 11.6 Å². The van der Waals surface area contributed by atoms with E-state index in [-0.39, 0.29) is 11.7 Å². The molecule has 0 aromatic heterocycles. The molecular formula is C14H18BClO4. The molecular weight excluding hydrogens is 278 g/mol. The molecule has 1 heterocycles. The van der Waals surface area contributed by atoms with E-state index in [1.807, 2.05) is 20.8 Å². The minimum atomic E-state index is -0.624. The van der Waals surface area contributed by atoms with Crippen LogP contribution in [0.15, 0.2) is 18.2 Å². The van der Waals surface area contributed by atoms with E-state index in [4.69, 9.17) is 25.6 Å². The molecule has 1 aromatic carbocycles. The second kappa shape index (κ2) is 5.76. The largest absolute Gasteiger partial charge is 0.495 e. The van der Waals surface area contributed by atoms with Gasteiger partial charge in [-0.25, -0.2) is 4.79 Å². The monoisotopic (exact) mass is 296 g/mol. The predicted octanol–water partition coefficient (Wildman–Crippen LogP) is 2.43. The van der Waals surface area contributed by atoms with Crippen LogP contribution in [0.25, 0.3) is 0 Å². The van der Waals surface area contributed by atoms with E-state index in [0.717, 1.165) is 6.42 Å². The number of benzene rings is 1. The van der Waals surface area contributed by atoms with E-state index in [1.165, 1.54) is 7.11 Å². The summed E-state index contributed by atoms with van der Waals surface area (Å²) in [5.74, 6) is -0.431. The lowest BCUT2D eigenvalue weighted by atomic mass is 9.72. The number of carbonyl (C=O) groups excluding carboxylic acids is 1. The molecule has 1 unspecified atom stereocenters. The number of hydrogen-bond acceptors (Lipinski definition) is 4.